The van der Waals surface area contributed by atoms with Gasteiger partial charge in [-0.3, -0.25) is 9.59 Å². The minimum Gasteiger partial charge on any atom is -0.342 e. The number of hydrogen-bond donors (Lipinski definition) is 1. The second kappa shape index (κ2) is 8.03. The van der Waals surface area contributed by atoms with Crippen LogP contribution in [0.15, 0.2) is 35.2 Å². The van der Waals surface area contributed by atoms with Gasteiger partial charge in [-0.05, 0) is 57.1 Å². The number of rotatable bonds is 5. The lowest BCUT2D eigenvalue weighted by molar-refractivity contribution is -0.141. The van der Waals surface area contributed by atoms with E-state index < -0.39 is 32.5 Å². The van der Waals surface area contributed by atoms with E-state index in [0.29, 0.717) is 25.9 Å². The number of hydrogen-bond acceptors (Lipinski definition) is 5. The summed E-state index contributed by atoms with van der Waals surface area (Å²) in [6.07, 6.45) is 4.38. The molecule has 30 heavy (non-hydrogen) atoms. The maximum atomic E-state index is 13.3. The minimum atomic E-state index is -3.65. The smallest absolute Gasteiger partial charge is 0.226 e. The highest BCUT2D eigenvalue weighted by Crippen LogP contribution is 2.41. The molecule has 1 aromatic carbocycles. The number of benzene rings is 1. The summed E-state index contributed by atoms with van der Waals surface area (Å²) >= 11 is 0. The number of likely N-dealkylation sites (tertiary alicyclic amines) is 1. The highest BCUT2D eigenvalue weighted by molar-refractivity contribution is 7.92. The number of nitrogens with one attached hydrogen (secondary N) is 1. The normalized spacial score (nSPS) is 27.8. The number of carbonyl (C=O) groups excluding carboxylic acids is 2. The molecular formula is C22H27N3O4S. The predicted molar refractivity (Wildman–Crippen MR) is 110 cm³/mol. The van der Waals surface area contributed by atoms with E-state index in [1.165, 1.54) is 0 Å². The Morgan fingerprint density at radius 1 is 1.03 bits per heavy atom. The summed E-state index contributed by atoms with van der Waals surface area (Å²) in [5.74, 6) is -1.88. The molecule has 0 radical (unpaired) electrons. The molecule has 1 aliphatic heterocycles. The largest absolute Gasteiger partial charge is 0.342 e. The molecule has 1 heterocycles. The van der Waals surface area contributed by atoms with Crippen molar-refractivity contribution >= 4 is 21.7 Å². The van der Waals surface area contributed by atoms with Gasteiger partial charge in [0.2, 0.25) is 11.8 Å². The molecule has 160 valence electrons. The molecule has 0 spiro atoms. The second-order valence-corrected chi connectivity index (χ2v) is 11.0. The summed E-state index contributed by atoms with van der Waals surface area (Å²) in [7, 11) is -3.65. The molecule has 3 atom stereocenters. The van der Waals surface area contributed by atoms with E-state index in [-0.39, 0.29) is 29.6 Å². The Morgan fingerprint density at radius 3 is 2.27 bits per heavy atom. The first kappa shape index (κ1) is 20.9. The standard InChI is InChI=1S/C22H27N3O4S/c23-15-22(9-10-22)24-20(26)18-13-17(30(28,29)16-7-3-1-4-8-16)14-19(18)21(27)25-11-5-2-6-12-25/h1,3-4,7-8,17-19H,2,5-6,9-14H2,(H,24,26)/t17-,18-,19?/m1/s1. The van der Waals surface area contributed by atoms with Gasteiger partial charge in [0.05, 0.1) is 28.1 Å². The number of nitrogens with zero attached hydrogens (tertiary/aromatic N) is 2. The Hall–Kier alpha value is -2.40. The van der Waals surface area contributed by atoms with Crippen LogP contribution in [0, 0.1) is 23.2 Å². The van der Waals surface area contributed by atoms with Crippen LogP contribution in [0.25, 0.3) is 0 Å². The van der Waals surface area contributed by atoms with Crippen molar-refractivity contribution in [3.05, 3.63) is 30.3 Å². The fourth-order valence-corrected chi connectivity index (χ4v) is 6.52. The fraction of sp³-hybridized carbons (Fsp3) is 0.591. The van der Waals surface area contributed by atoms with E-state index in [1.807, 2.05) is 0 Å². The Morgan fingerprint density at radius 2 is 1.67 bits per heavy atom. The average Bonchev–Trinajstić information content (AvgIpc) is 3.39. The van der Waals surface area contributed by atoms with E-state index in [4.69, 9.17) is 0 Å². The van der Waals surface area contributed by atoms with E-state index >= 15 is 0 Å². The van der Waals surface area contributed by atoms with Gasteiger partial charge in [-0.2, -0.15) is 5.26 Å². The zero-order chi connectivity index (χ0) is 21.4. The molecule has 2 aliphatic carbocycles. The third-order valence-corrected chi connectivity index (χ3v) is 8.87. The van der Waals surface area contributed by atoms with Crippen LogP contribution < -0.4 is 5.32 Å². The van der Waals surface area contributed by atoms with Crippen LogP contribution in [0.4, 0.5) is 0 Å². The maximum Gasteiger partial charge on any atom is 0.226 e. The van der Waals surface area contributed by atoms with Crippen molar-refractivity contribution < 1.29 is 18.0 Å². The Kier molecular flexibility index (Phi) is 5.58. The van der Waals surface area contributed by atoms with Crippen LogP contribution in [0.5, 0.6) is 0 Å². The summed E-state index contributed by atoms with van der Waals surface area (Å²) in [5, 5.41) is 11.3. The molecule has 0 bridgehead atoms. The van der Waals surface area contributed by atoms with E-state index in [2.05, 4.69) is 11.4 Å². The molecule has 1 unspecified atom stereocenters. The summed E-state index contributed by atoms with van der Waals surface area (Å²) in [5.41, 5.74) is -0.841. The highest BCUT2D eigenvalue weighted by atomic mass is 32.2. The zero-order valence-corrected chi connectivity index (χ0v) is 17.7. The van der Waals surface area contributed by atoms with Crippen LogP contribution in [0.3, 0.4) is 0 Å². The average molecular weight is 430 g/mol. The Labute approximate surface area is 177 Å². The van der Waals surface area contributed by atoms with Crippen molar-refractivity contribution in [3.8, 4) is 6.07 Å². The molecule has 3 aliphatic rings. The molecule has 4 rings (SSSR count). The van der Waals surface area contributed by atoms with Crippen molar-refractivity contribution in [1.29, 1.82) is 5.26 Å². The van der Waals surface area contributed by atoms with Crippen molar-refractivity contribution in [2.45, 2.75) is 60.6 Å². The van der Waals surface area contributed by atoms with E-state index in [0.717, 1.165) is 19.3 Å². The lowest BCUT2D eigenvalue weighted by atomic mass is 9.92. The van der Waals surface area contributed by atoms with Gasteiger partial charge in [0.1, 0.15) is 5.54 Å². The summed E-state index contributed by atoms with van der Waals surface area (Å²) < 4.78 is 26.4. The van der Waals surface area contributed by atoms with Crippen LogP contribution in [-0.2, 0) is 19.4 Å². The lowest BCUT2D eigenvalue weighted by Gasteiger charge is -2.31. The first-order chi connectivity index (χ1) is 14.4. The van der Waals surface area contributed by atoms with Crippen molar-refractivity contribution in [1.82, 2.24) is 10.2 Å². The molecule has 1 saturated heterocycles. The van der Waals surface area contributed by atoms with Gasteiger partial charge in [-0.1, -0.05) is 18.2 Å². The monoisotopic (exact) mass is 429 g/mol. The quantitative estimate of drug-likeness (QED) is 0.771. The first-order valence-electron chi connectivity index (χ1n) is 10.7. The molecule has 7 nitrogen and oxygen atoms in total. The van der Waals surface area contributed by atoms with Crippen LogP contribution in [0.2, 0.25) is 0 Å². The molecule has 2 saturated carbocycles. The number of amides is 2. The topological polar surface area (TPSA) is 107 Å². The van der Waals surface area contributed by atoms with Gasteiger partial charge >= 0.3 is 0 Å². The number of piperidine rings is 1. The molecule has 1 N–H and O–H groups in total. The third kappa shape index (κ3) is 3.95. The molecule has 3 fully saturated rings. The Balaban J connectivity index is 1.59. The van der Waals surface area contributed by atoms with Crippen molar-refractivity contribution in [3.63, 3.8) is 0 Å². The maximum absolute atomic E-state index is 13.3. The second-order valence-electron chi connectivity index (χ2n) is 8.73. The van der Waals surface area contributed by atoms with Crippen molar-refractivity contribution in [2.24, 2.45) is 11.8 Å². The Bertz CT molecular complexity index is 960. The fourth-order valence-electron chi connectivity index (χ4n) is 4.68. The molecule has 1 aromatic rings. The summed E-state index contributed by atoms with van der Waals surface area (Å²) in [6, 6.07) is 10.3. The SMILES string of the molecule is N#CC1(NC(=O)[C@@H]2C[C@@H](S(=O)(=O)c3ccccc3)CC2C(=O)N2CCCCC2)CC1. The van der Waals surface area contributed by atoms with Crippen molar-refractivity contribution in [2.75, 3.05) is 13.1 Å². The molecule has 2 amide bonds. The number of sulfone groups is 1. The number of carbonyl (C=O) groups is 2. The van der Waals surface area contributed by atoms with Gasteiger partial charge in [-0.15, -0.1) is 0 Å². The minimum absolute atomic E-state index is 0.106. The zero-order valence-electron chi connectivity index (χ0n) is 16.9. The summed E-state index contributed by atoms with van der Waals surface area (Å²) in [6.45, 7) is 1.31. The first-order valence-corrected chi connectivity index (χ1v) is 12.2. The molecule has 8 heteroatoms. The third-order valence-electron chi connectivity index (χ3n) is 6.68. The van der Waals surface area contributed by atoms with E-state index in [9.17, 15) is 23.3 Å². The lowest BCUT2D eigenvalue weighted by Crippen LogP contribution is -2.46. The van der Waals surface area contributed by atoms with Gasteiger partial charge in [0, 0.05) is 13.1 Å². The predicted octanol–water partition coefficient (Wildman–Crippen LogP) is 2.04. The van der Waals surface area contributed by atoms with Crippen LogP contribution in [-0.4, -0.2) is 49.0 Å². The van der Waals surface area contributed by atoms with Gasteiger partial charge in [0.25, 0.3) is 0 Å². The van der Waals surface area contributed by atoms with E-state index in [1.54, 1.807) is 35.2 Å². The van der Waals surface area contributed by atoms with Crippen LogP contribution >= 0.6 is 0 Å². The van der Waals surface area contributed by atoms with Gasteiger partial charge in [-0.25, -0.2) is 8.42 Å². The summed E-state index contributed by atoms with van der Waals surface area (Å²) in [4.78, 5) is 28.3. The molecular weight excluding hydrogens is 402 g/mol. The highest BCUT2D eigenvalue weighted by Gasteiger charge is 2.52. The van der Waals surface area contributed by atoms with Gasteiger partial charge < -0.3 is 10.2 Å². The molecule has 0 aromatic heterocycles. The number of nitriles is 1. The van der Waals surface area contributed by atoms with Gasteiger partial charge in [0.15, 0.2) is 9.84 Å². The van der Waals surface area contributed by atoms with Crippen LogP contribution in [0.1, 0.15) is 44.9 Å².